The molecular weight excluding hydrogens is 340 g/mol. The molecule has 0 saturated carbocycles. The monoisotopic (exact) mass is 356 g/mol. The molecule has 0 saturated heterocycles. The van der Waals surface area contributed by atoms with Crippen LogP contribution in [0.15, 0.2) is 77.9 Å². The fraction of sp³-hybridized carbons (Fsp3) is 0.0476. The molecule has 132 valence electrons. The van der Waals surface area contributed by atoms with Gasteiger partial charge < -0.3 is 0 Å². The average molecular weight is 356 g/mol. The standard InChI is InChI=1S/C21H16N4O2/c1-14-5-4-6-16(13-14)20(26)24-25-19(15-9-11-22-12-10-15)23-18-8-3-2-7-17(18)21(25)27/h2-13H,1H3,(H,24,26). The lowest BCUT2D eigenvalue weighted by atomic mass is 10.1. The summed E-state index contributed by atoms with van der Waals surface area (Å²) in [6.07, 6.45) is 3.23. The number of hydrogen-bond donors (Lipinski definition) is 1. The molecule has 0 aliphatic carbocycles. The van der Waals surface area contributed by atoms with E-state index in [1.807, 2.05) is 19.1 Å². The highest BCUT2D eigenvalue weighted by molar-refractivity contribution is 6.00. The number of aryl methyl sites for hydroxylation is 1. The van der Waals surface area contributed by atoms with Gasteiger partial charge in [-0.1, -0.05) is 29.8 Å². The highest BCUT2D eigenvalue weighted by Crippen LogP contribution is 2.17. The van der Waals surface area contributed by atoms with Gasteiger partial charge in [0.15, 0.2) is 5.82 Å². The van der Waals surface area contributed by atoms with Gasteiger partial charge in [0.2, 0.25) is 0 Å². The van der Waals surface area contributed by atoms with Gasteiger partial charge in [-0.05, 0) is 43.3 Å². The third kappa shape index (κ3) is 3.20. The van der Waals surface area contributed by atoms with Gasteiger partial charge >= 0.3 is 0 Å². The van der Waals surface area contributed by atoms with Gasteiger partial charge in [0.1, 0.15) is 0 Å². The topological polar surface area (TPSA) is 76.9 Å². The number of hydrogen-bond acceptors (Lipinski definition) is 4. The van der Waals surface area contributed by atoms with Gasteiger partial charge in [0.25, 0.3) is 11.5 Å². The fourth-order valence-electron chi connectivity index (χ4n) is 2.88. The minimum absolute atomic E-state index is 0.339. The van der Waals surface area contributed by atoms with Gasteiger partial charge in [-0.2, -0.15) is 4.68 Å². The number of amides is 1. The van der Waals surface area contributed by atoms with Crippen LogP contribution in [0.25, 0.3) is 22.3 Å². The highest BCUT2D eigenvalue weighted by Gasteiger charge is 2.15. The van der Waals surface area contributed by atoms with E-state index in [-0.39, 0.29) is 11.5 Å². The Bertz CT molecular complexity index is 1200. The normalized spacial score (nSPS) is 10.7. The molecule has 27 heavy (non-hydrogen) atoms. The molecule has 2 aromatic heterocycles. The molecule has 0 radical (unpaired) electrons. The summed E-state index contributed by atoms with van der Waals surface area (Å²) in [6.45, 7) is 1.91. The Morgan fingerprint density at radius 3 is 2.56 bits per heavy atom. The molecule has 2 heterocycles. The summed E-state index contributed by atoms with van der Waals surface area (Å²) in [6, 6.07) is 17.7. The Balaban J connectivity index is 1.89. The molecule has 4 rings (SSSR count). The SMILES string of the molecule is Cc1cccc(C(=O)Nn2c(-c3ccncc3)nc3ccccc3c2=O)c1. The van der Waals surface area contributed by atoms with Gasteiger partial charge in [-0.3, -0.25) is 20.0 Å². The number of pyridine rings is 1. The summed E-state index contributed by atoms with van der Waals surface area (Å²) >= 11 is 0. The predicted molar refractivity (Wildman–Crippen MR) is 104 cm³/mol. The molecule has 0 aliphatic heterocycles. The van der Waals surface area contributed by atoms with Gasteiger partial charge in [-0.15, -0.1) is 0 Å². The Morgan fingerprint density at radius 1 is 1.00 bits per heavy atom. The Morgan fingerprint density at radius 2 is 1.78 bits per heavy atom. The van der Waals surface area contributed by atoms with Gasteiger partial charge in [0, 0.05) is 23.5 Å². The number of aromatic nitrogens is 3. The van der Waals surface area contributed by atoms with Crippen LogP contribution in [0.1, 0.15) is 15.9 Å². The number of nitrogens with zero attached hydrogens (tertiary/aromatic N) is 3. The smallest absolute Gasteiger partial charge is 0.267 e. The van der Waals surface area contributed by atoms with E-state index in [0.717, 1.165) is 5.56 Å². The van der Waals surface area contributed by atoms with Crippen molar-refractivity contribution < 1.29 is 4.79 Å². The lowest BCUT2D eigenvalue weighted by molar-refractivity contribution is 0.101. The summed E-state index contributed by atoms with van der Waals surface area (Å²) in [5, 5.41) is 0.430. The fourth-order valence-corrected chi connectivity index (χ4v) is 2.88. The van der Waals surface area contributed by atoms with Crippen molar-refractivity contribution in [3.05, 3.63) is 94.5 Å². The van der Waals surface area contributed by atoms with Crippen molar-refractivity contribution in [2.75, 3.05) is 5.43 Å². The number of para-hydroxylation sites is 1. The van der Waals surface area contributed by atoms with Crippen molar-refractivity contribution >= 4 is 16.8 Å². The number of nitrogens with one attached hydrogen (secondary N) is 1. The van der Waals surface area contributed by atoms with Crippen molar-refractivity contribution in [1.29, 1.82) is 0 Å². The minimum atomic E-state index is -0.381. The number of carbonyl (C=O) groups excluding carboxylic acids is 1. The van der Waals surface area contributed by atoms with E-state index >= 15 is 0 Å². The van der Waals surface area contributed by atoms with Crippen LogP contribution >= 0.6 is 0 Å². The number of carbonyl (C=O) groups is 1. The minimum Gasteiger partial charge on any atom is -0.267 e. The Kier molecular flexibility index (Phi) is 4.22. The largest absolute Gasteiger partial charge is 0.280 e. The average Bonchev–Trinajstić information content (AvgIpc) is 2.70. The summed E-state index contributed by atoms with van der Waals surface area (Å²) in [5.74, 6) is -0.0321. The van der Waals surface area contributed by atoms with Crippen LogP contribution in [0.2, 0.25) is 0 Å². The van der Waals surface area contributed by atoms with Crippen LogP contribution in [0.3, 0.4) is 0 Å². The second kappa shape index (κ2) is 6.84. The zero-order chi connectivity index (χ0) is 18.8. The zero-order valence-electron chi connectivity index (χ0n) is 14.6. The van der Waals surface area contributed by atoms with E-state index in [9.17, 15) is 9.59 Å². The first-order valence-electron chi connectivity index (χ1n) is 8.44. The molecule has 1 amide bonds. The maximum atomic E-state index is 13.0. The molecule has 6 heteroatoms. The second-order valence-corrected chi connectivity index (χ2v) is 6.14. The van der Waals surface area contributed by atoms with Crippen molar-refractivity contribution in [2.24, 2.45) is 0 Å². The van der Waals surface area contributed by atoms with E-state index < -0.39 is 0 Å². The maximum absolute atomic E-state index is 13.0. The molecule has 4 aromatic rings. The first-order valence-corrected chi connectivity index (χ1v) is 8.44. The first-order chi connectivity index (χ1) is 13.1. The van der Waals surface area contributed by atoms with Crippen LogP contribution in [-0.4, -0.2) is 20.6 Å². The van der Waals surface area contributed by atoms with Gasteiger partial charge in [-0.25, -0.2) is 4.98 Å². The Labute approximate surface area is 155 Å². The van der Waals surface area contributed by atoms with Crippen LogP contribution in [-0.2, 0) is 0 Å². The third-order valence-electron chi connectivity index (χ3n) is 4.21. The van der Waals surface area contributed by atoms with E-state index in [4.69, 9.17) is 0 Å². The molecule has 0 spiro atoms. The quantitative estimate of drug-likeness (QED) is 0.612. The molecule has 0 aliphatic rings. The number of rotatable bonds is 3. The molecule has 2 aromatic carbocycles. The van der Waals surface area contributed by atoms with E-state index in [2.05, 4.69) is 15.4 Å². The molecule has 0 bridgehead atoms. The van der Waals surface area contributed by atoms with E-state index in [1.54, 1.807) is 60.9 Å². The molecule has 1 N–H and O–H groups in total. The van der Waals surface area contributed by atoms with Gasteiger partial charge in [0.05, 0.1) is 10.9 Å². The van der Waals surface area contributed by atoms with Crippen molar-refractivity contribution in [3.63, 3.8) is 0 Å². The summed E-state index contributed by atoms with van der Waals surface area (Å²) < 4.78 is 1.20. The molecule has 0 atom stereocenters. The van der Waals surface area contributed by atoms with Crippen molar-refractivity contribution in [2.45, 2.75) is 6.92 Å². The highest BCUT2D eigenvalue weighted by atomic mass is 16.2. The Hall–Kier alpha value is -3.80. The zero-order valence-corrected chi connectivity index (χ0v) is 14.6. The van der Waals surface area contributed by atoms with E-state index in [1.165, 1.54) is 4.68 Å². The second-order valence-electron chi connectivity index (χ2n) is 6.14. The van der Waals surface area contributed by atoms with E-state index in [0.29, 0.717) is 27.9 Å². The van der Waals surface area contributed by atoms with Crippen molar-refractivity contribution in [3.8, 4) is 11.4 Å². The molecular formula is C21H16N4O2. The predicted octanol–water partition coefficient (Wildman–Crippen LogP) is 3.15. The third-order valence-corrected chi connectivity index (χ3v) is 4.21. The molecule has 0 unspecified atom stereocenters. The first kappa shape index (κ1) is 16.7. The van der Waals surface area contributed by atoms with Crippen LogP contribution in [0, 0.1) is 6.92 Å². The van der Waals surface area contributed by atoms with Crippen LogP contribution in [0.5, 0.6) is 0 Å². The van der Waals surface area contributed by atoms with Crippen molar-refractivity contribution in [1.82, 2.24) is 14.6 Å². The maximum Gasteiger partial charge on any atom is 0.280 e. The lowest BCUT2D eigenvalue weighted by Crippen LogP contribution is -2.35. The van der Waals surface area contributed by atoms with Crippen LogP contribution < -0.4 is 11.0 Å². The number of fused-ring (bicyclic) bond motifs is 1. The summed E-state index contributed by atoms with van der Waals surface area (Å²) in [5.41, 5.74) is 5.03. The molecule has 0 fully saturated rings. The van der Waals surface area contributed by atoms with Crippen LogP contribution in [0.4, 0.5) is 0 Å². The number of benzene rings is 2. The summed E-state index contributed by atoms with van der Waals surface area (Å²) in [4.78, 5) is 34.4. The summed E-state index contributed by atoms with van der Waals surface area (Å²) in [7, 11) is 0. The molecule has 6 nitrogen and oxygen atoms in total. The lowest BCUT2D eigenvalue weighted by Gasteiger charge is -2.14.